The summed E-state index contributed by atoms with van der Waals surface area (Å²) in [6, 6.07) is 5.01. The Labute approximate surface area is 175 Å². The van der Waals surface area contributed by atoms with Gasteiger partial charge in [-0.3, -0.25) is 4.79 Å². The number of hydrogen-bond acceptors (Lipinski definition) is 5. The fourth-order valence-electron chi connectivity index (χ4n) is 3.37. The molecule has 0 heterocycles. The van der Waals surface area contributed by atoms with E-state index in [-0.39, 0.29) is 29.4 Å². The molecule has 1 atom stereocenters. The zero-order chi connectivity index (χ0) is 22.2. The summed E-state index contributed by atoms with van der Waals surface area (Å²) in [7, 11) is 2.90. The van der Waals surface area contributed by atoms with E-state index in [4.69, 9.17) is 14.2 Å². The molecule has 6 nitrogen and oxygen atoms in total. The monoisotopic (exact) mass is 407 g/mol. The molecule has 1 aromatic rings. The number of carbonyl (C=O) groups excluding carboxylic acids is 2. The van der Waals surface area contributed by atoms with Crippen LogP contribution in [0.4, 0.5) is 5.69 Å². The van der Waals surface area contributed by atoms with E-state index in [1.54, 1.807) is 25.3 Å². The van der Waals surface area contributed by atoms with Crippen molar-refractivity contribution in [3.63, 3.8) is 0 Å². The standard InChI is InChI=1S/C23H37NO5/c1-9-17(6)29-20-11-10-18(12-19(20)21(25)27-7)24-22(26)23(28-8,13-15(2)3)14-16(4)5/h10-12,15-17H,9,13-14H2,1-8H3,(H,24,26). The Bertz CT molecular complexity index is 674. The topological polar surface area (TPSA) is 73.9 Å². The van der Waals surface area contributed by atoms with Gasteiger partial charge in [-0.2, -0.15) is 0 Å². The second-order valence-electron chi connectivity index (χ2n) is 8.39. The molecule has 164 valence electrons. The van der Waals surface area contributed by atoms with Crippen molar-refractivity contribution in [2.75, 3.05) is 19.5 Å². The van der Waals surface area contributed by atoms with Gasteiger partial charge in [-0.25, -0.2) is 4.79 Å². The highest BCUT2D eigenvalue weighted by Crippen LogP contribution is 2.31. The lowest BCUT2D eigenvalue weighted by Crippen LogP contribution is -2.47. The number of nitrogens with one attached hydrogen (secondary N) is 1. The van der Waals surface area contributed by atoms with Gasteiger partial charge >= 0.3 is 5.97 Å². The molecule has 0 aliphatic rings. The molecule has 0 bridgehead atoms. The largest absolute Gasteiger partial charge is 0.490 e. The average Bonchev–Trinajstić information content (AvgIpc) is 2.66. The lowest BCUT2D eigenvalue weighted by Gasteiger charge is -2.34. The van der Waals surface area contributed by atoms with Crippen molar-refractivity contribution < 1.29 is 23.8 Å². The number of methoxy groups -OCH3 is 2. The summed E-state index contributed by atoms with van der Waals surface area (Å²) >= 11 is 0. The normalized spacial score (nSPS) is 12.8. The summed E-state index contributed by atoms with van der Waals surface area (Å²) in [5.74, 6) is 0.287. The van der Waals surface area contributed by atoms with E-state index >= 15 is 0 Å². The molecule has 0 saturated carbocycles. The third-order valence-corrected chi connectivity index (χ3v) is 4.83. The number of hydrogen-bond donors (Lipinski definition) is 1. The van der Waals surface area contributed by atoms with Gasteiger partial charge in [-0.15, -0.1) is 0 Å². The summed E-state index contributed by atoms with van der Waals surface area (Å²) in [6.45, 7) is 12.2. The van der Waals surface area contributed by atoms with Crippen LogP contribution in [0.15, 0.2) is 18.2 Å². The molecular weight excluding hydrogens is 370 g/mol. The van der Waals surface area contributed by atoms with Crippen LogP contribution in [-0.4, -0.2) is 37.8 Å². The maximum Gasteiger partial charge on any atom is 0.341 e. The van der Waals surface area contributed by atoms with Gasteiger partial charge in [-0.05, 0) is 56.2 Å². The Kier molecular flexibility index (Phi) is 9.63. The smallest absolute Gasteiger partial charge is 0.341 e. The van der Waals surface area contributed by atoms with Crippen molar-refractivity contribution in [2.24, 2.45) is 11.8 Å². The third-order valence-electron chi connectivity index (χ3n) is 4.83. The first-order valence-electron chi connectivity index (χ1n) is 10.3. The van der Waals surface area contributed by atoms with Crippen LogP contribution in [0.3, 0.4) is 0 Å². The minimum Gasteiger partial charge on any atom is -0.490 e. The van der Waals surface area contributed by atoms with E-state index < -0.39 is 11.6 Å². The predicted octanol–water partition coefficient (Wildman–Crippen LogP) is 5.07. The quantitative estimate of drug-likeness (QED) is 0.519. The second-order valence-corrected chi connectivity index (χ2v) is 8.39. The van der Waals surface area contributed by atoms with Crippen LogP contribution in [0, 0.1) is 11.8 Å². The van der Waals surface area contributed by atoms with Crippen molar-refractivity contribution in [3.8, 4) is 5.75 Å². The van der Waals surface area contributed by atoms with Gasteiger partial charge in [0.1, 0.15) is 16.9 Å². The fourth-order valence-corrected chi connectivity index (χ4v) is 3.37. The van der Waals surface area contributed by atoms with Gasteiger partial charge < -0.3 is 19.5 Å². The Hall–Kier alpha value is -2.08. The first-order chi connectivity index (χ1) is 13.6. The van der Waals surface area contributed by atoms with Crippen molar-refractivity contribution in [1.29, 1.82) is 0 Å². The Morgan fingerprint density at radius 3 is 2.07 bits per heavy atom. The molecule has 29 heavy (non-hydrogen) atoms. The number of amides is 1. The highest BCUT2D eigenvalue weighted by Gasteiger charge is 2.39. The number of esters is 1. The maximum atomic E-state index is 13.2. The van der Waals surface area contributed by atoms with E-state index in [2.05, 4.69) is 33.0 Å². The zero-order valence-electron chi connectivity index (χ0n) is 19.1. The van der Waals surface area contributed by atoms with E-state index in [1.807, 2.05) is 13.8 Å². The molecule has 0 aliphatic heterocycles. The van der Waals surface area contributed by atoms with Gasteiger partial charge in [0.15, 0.2) is 0 Å². The molecule has 0 saturated heterocycles. The van der Waals surface area contributed by atoms with Crippen LogP contribution in [-0.2, 0) is 14.3 Å². The number of anilines is 1. The van der Waals surface area contributed by atoms with Crippen molar-refractivity contribution in [3.05, 3.63) is 23.8 Å². The van der Waals surface area contributed by atoms with E-state index in [1.165, 1.54) is 7.11 Å². The summed E-state index contributed by atoms with van der Waals surface area (Å²) in [5, 5.41) is 2.93. The summed E-state index contributed by atoms with van der Waals surface area (Å²) < 4.78 is 16.5. The molecule has 1 unspecified atom stereocenters. The predicted molar refractivity (Wildman–Crippen MR) is 115 cm³/mol. The third kappa shape index (κ3) is 7.03. The molecule has 1 rings (SSSR count). The molecule has 0 radical (unpaired) electrons. The lowest BCUT2D eigenvalue weighted by molar-refractivity contribution is -0.142. The second kappa shape index (κ2) is 11.2. The van der Waals surface area contributed by atoms with Crippen LogP contribution in [0.2, 0.25) is 0 Å². The Morgan fingerprint density at radius 2 is 1.62 bits per heavy atom. The van der Waals surface area contributed by atoms with E-state index in [0.29, 0.717) is 24.3 Å². The van der Waals surface area contributed by atoms with Crippen LogP contribution >= 0.6 is 0 Å². The van der Waals surface area contributed by atoms with Crippen molar-refractivity contribution in [1.82, 2.24) is 0 Å². The van der Waals surface area contributed by atoms with Crippen molar-refractivity contribution in [2.45, 2.75) is 72.5 Å². The number of benzene rings is 1. The molecule has 1 N–H and O–H groups in total. The SMILES string of the molecule is CCC(C)Oc1ccc(NC(=O)C(CC(C)C)(CC(C)C)OC)cc1C(=O)OC. The first kappa shape index (κ1) is 25.0. The van der Waals surface area contributed by atoms with Gasteiger partial charge in [0.25, 0.3) is 5.91 Å². The van der Waals surface area contributed by atoms with Crippen LogP contribution < -0.4 is 10.1 Å². The van der Waals surface area contributed by atoms with Gasteiger partial charge in [0, 0.05) is 12.8 Å². The molecule has 0 aliphatic carbocycles. The molecular formula is C23H37NO5. The molecule has 6 heteroatoms. The van der Waals surface area contributed by atoms with Gasteiger partial charge in [-0.1, -0.05) is 34.6 Å². The summed E-state index contributed by atoms with van der Waals surface area (Å²) in [5.41, 5.74) is -0.151. The Morgan fingerprint density at radius 1 is 1.03 bits per heavy atom. The minimum absolute atomic E-state index is 0.0444. The average molecular weight is 408 g/mol. The van der Waals surface area contributed by atoms with Crippen LogP contribution in [0.5, 0.6) is 5.75 Å². The zero-order valence-corrected chi connectivity index (χ0v) is 19.1. The number of carbonyl (C=O) groups is 2. The summed E-state index contributed by atoms with van der Waals surface area (Å²) in [6.07, 6.45) is 1.97. The molecule has 1 aromatic carbocycles. The number of ether oxygens (including phenoxy) is 3. The maximum absolute atomic E-state index is 13.2. The van der Waals surface area contributed by atoms with Crippen molar-refractivity contribution >= 4 is 17.6 Å². The lowest BCUT2D eigenvalue weighted by atomic mass is 9.84. The van der Waals surface area contributed by atoms with E-state index in [9.17, 15) is 9.59 Å². The highest BCUT2D eigenvalue weighted by molar-refractivity contribution is 5.99. The molecule has 0 aromatic heterocycles. The van der Waals surface area contributed by atoms with Crippen LogP contribution in [0.25, 0.3) is 0 Å². The van der Waals surface area contributed by atoms with Gasteiger partial charge in [0.2, 0.25) is 0 Å². The number of rotatable bonds is 11. The Balaban J connectivity index is 3.22. The van der Waals surface area contributed by atoms with Gasteiger partial charge in [0.05, 0.1) is 13.2 Å². The summed E-state index contributed by atoms with van der Waals surface area (Å²) in [4.78, 5) is 25.5. The van der Waals surface area contributed by atoms with Crippen LogP contribution in [0.1, 0.15) is 71.2 Å². The molecule has 1 amide bonds. The fraction of sp³-hybridized carbons (Fsp3) is 0.652. The first-order valence-corrected chi connectivity index (χ1v) is 10.3. The molecule has 0 spiro atoms. The highest BCUT2D eigenvalue weighted by atomic mass is 16.5. The minimum atomic E-state index is -0.931. The van der Waals surface area contributed by atoms with E-state index in [0.717, 1.165) is 6.42 Å². The molecule has 0 fully saturated rings.